The lowest BCUT2D eigenvalue weighted by Crippen LogP contribution is -2.38. The smallest absolute Gasteiger partial charge is 0.230 e. The first-order chi connectivity index (χ1) is 10.00. The Bertz CT molecular complexity index is 545. The number of rotatable bonds is 3. The molecule has 3 nitrogen and oxygen atoms in total. The predicted octanol–water partition coefficient (Wildman–Crippen LogP) is 2.66. The van der Waals surface area contributed by atoms with Crippen molar-refractivity contribution in [3.8, 4) is 0 Å². The van der Waals surface area contributed by atoms with E-state index >= 15 is 0 Å². The van der Waals surface area contributed by atoms with Crippen LogP contribution in [-0.2, 0) is 11.3 Å². The Kier molecular flexibility index (Phi) is 3.74. The van der Waals surface area contributed by atoms with Gasteiger partial charge in [0.25, 0.3) is 0 Å². The highest BCUT2D eigenvalue weighted by atomic mass is 19.1. The second kappa shape index (κ2) is 5.41. The summed E-state index contributed by atoms with van der Waals surface area (Å²) in [6, 6.07) is 7.05. The lowest BCUT2D eigenvalue weighted by atomic mass is 9.85. The lowest BCUT2D eigenvalue weighted by Gasteiger charge is -2.25. The highest BCUT2D eigenvalue weighted by Gasteiger charge is 2.50. The van der Waals surface area contributed by atoms with E-state index in [1.165, 1.54) is 12.1 Å². The van der Waals surface area contributed by atoms with Crippen LogP contribution in [0.3, 0.4) is 0 Å². The quantitative estimate of drug-likeness (QED) is 0.854. The third kappa shape index (κ3) is 2.69. The summed E-state index contributed by atoms with van der Waals surface area (Å²) in [4.78, 5) is 17.1. The monoisotopic (exact) mass is 290 g/mol. The molecule has 2 aliphatic rings. The van der Waals surface area contributed by atoms with E-state index in [0.717, 1.165) is 38.0 Å². The van der Waals surface area contributed by atoms with Crippen LogP contribution in [-0.4, -0.2) is 41.4 Å². The van der Waals surface area contributed by atoms with E-state index in [-0.39, 0.29) is 17.1 Å². The first-order valence-electron chi connectivity index (χ1n) is 7.78. The fourth-order valence-electron chi connectivity index (χ4n) is 3.62. The molecule has 2 heterocycles. The molecule has 0 N–H and O–H groups in total. The van der Waals surface area contributed by atoms with E-state index < -0.39 is 0 Å². The molecule has 1 spiro atoms. The average molecular weight is 290 g/mol. The average Bonchev–Trinajstić information content (AvgIpc) is 3.00. The highest BCUT2D eigenvalue weighted by molar-refractivity contribution is 5.85. The zero-order valence-corrected chi connectivity index (χ0v) is 12.8. The Labute approximate surface area is 125 Å². The molecule has 2 fully saturated rings. The number of carbonyl (C=O) groups excluding carboxylic acids is 1. The SMILES string of the molecule is CC(C)N1CC[C@@]2(CCN(Cc3cccc(F)c3)C2=O)C1. The molecule has 3 rings (SSSR count). The summed E-state index contributed by atoms with van der Waals surface area (Å²) in [5, 5.41) is 0. The topological polar surface area (TPSA) is 23.6 Å². The maximum absolute atomic E-state index is 13.3. The molecule has 2 saturated heterocycles. The minimum Gasteiger partial charge on any atom is -0.338 e. The molecule has 0 aliphatic carbocycles. The van der Waals surface area contributed by atoms with Crippen molar-refractivity contribution < 1.29 is 9.18 Å². The first kappa shape index (κ1) is 14.5. The zero-order valence-electron chi connectivity index (χ0n) is 12.8. The van der Waals surface area contributed by atoms with Crippen LogP contribution >= 0.6 is 0 Å². The van der Waals surface area contributed by atoms with Gasteiger partial charge in [-0.25, -0.2) is 4.39 Å². The van der Waals surface area contributed by atoms with Crippen molar-refractivity contribution in [3.05, 3.63) is 35.6 Å². The summed E-state index contributed by atoms with van der Waals surface area (Å²) in [6.45, 7) is 7.58. The van der Waals surface area contributed by atoms with Crippen molar-refractivity contribution in [2.75, 3.05) is 19.6 Å². The number of nitrogens with zero attached hydrogens (tertiary/aromatic N) is 2. The third-order valence-corrected chi connectivity index (χ3v) is 4.98. The van der Waals surface area contributed by atoms with Gasteiger partial charge in [0.15, 0.2) is 0 Å². The Morgan fingerprint density at radius 3 is 2.71 bits per heavy atom. The number of benzene rings is 1. The van der Waals surface area contributed by atoms with Gasteiger partial charge in [-0.15, -0.1) is 0 Å². The van der Waals surface area contributed by atoms with Crippen LogP contribution in [0.5, 0.6) is 0 Å². The zero-order chi connectivity index (χ0) is 15.0. The molecule has 1 aromatic carbocycles. The van der Waals surface area contributed by atoms with Crippen LogP contribution in [0.2, 0.25) is 0 Å². The minimum atomic E-state index is -0.235. The van der Waals surface area contributed by atoms with Crippen LogP contribution in [0, 0.1) is 11.2 Å². The van der Waals surface area contributed by atoms with Gasteiger partial charge in [-0.1, -0.05) is 12.1 Å². The molecule has 0 saturated carbocycles. The van der Waals surface area contributed by atoms with Gasteiger partial charge in [0.05, 0.1) is 5.41 Å². The molecule has 21 heavy (non-hydrogen) atoms. The maximum Gasteiger partial charge on any atom is 0.230 e. The summed E-state index contributed by atoms with van der Waals surface area (Å²) in [6.07, 6.45) is 1.90. The lowest BCUT2D eigenvalue weighted by molar-refractivity contribution is -0.136. The molecular weight excluding hydrogens is 267 g/mol. The summed E-state index contributed by atoms with van der Waals surface area (Å²) in [5.74, 6) is 0.0237. The van der Waals surface area contributed by atoms with E-state index in [9.17, 15) is 9.18 Å². The summed E-state index contributed by atoms with van der Waals surface area (Å²) in [5.41, 5.74) is 0.691. The van der Waals surface area contributed by atoms with Crippen molar-refractivity contribution >= 4 is 5.91 Å². The maximum atomic E-state index is 13.3. The number of amides is 1. The summed E-state index contributed by atoms with van der Waals surface area (Å²) >= 11 is 0. The highest BCUT2D eigenvalue weighted by Crippen LogP contribution is 2.41. The molecule has 1 amide bonds. The third-order valence-electron chi connectivity index (χ3n) is 4.98. The fraction of sp³-hybridized carbons (Fsp3) is 0.588. The van der Waals surface area contributed by atoms with Gasteiger partial charge in [-0.3, -0.25) is 9.69 Å². The number of hydrogen-bond donors (Lipinski definition) is 0. The first-order valence-corrected chi connectivity index (χ1v) is 7.78. The number of carbonyl (C=O) groups is 1. The van der Waals surface area contributed by atoms with Gasteiger partial charge in [-0.2, -0.15) is 0 Å². The van der Waals surface area contributed by atoms with Gasteiger partial charge in [-0.05, 0) is 50.9 Å². The molecule has 114 valence electrons. The normalized spacial score (nSPS) is 26.5. The van der Waals surface area contributed by atoms with Gasteiger partial charge < -0.3 is 4.90 Å². The molecular formula is C17H23FN2O. The number of likely N-dealkylation sites (tertiary alicyclic amines) is 2. The van der Waals surface area contributed by atoms with Crippen LogP contribution in [0.25, 0.3) is 0 Å². The second-order valence-electron chi connectivity index (χ2n) is 6.70. The van der Waals surface area contributed by atoms with Crippen molar-refractivity contribution in [1.29, 1.82) is 0 Å². The standard InChI is InChI=1S/C17H23FN2O/c1-13(2)20-9-7-17(12-20)6-8-19(16(17)21)11-14-4-3-5-15(18)10-14/h3-5,10,13H,6-9,11-12H2,1-2H3/t17-/m0/s1. The van der Waals surface area contributed by atoms with Crippen LogP contribution < -0.4 is 0 Å². The molecule has 2 aliphatic heterocycles. The molecule has 1 atom stereocenters. The number of halogens is 1. The summed E-state index contributed by atoms with van der Waals surface area (Å²) in [7, 11) is 0. The van der Waals surface area contributed by atoms with E-state index in [0.29, 0.717) is 12.6 Å². The van der Waals surface area contributed by atoms with Crippen molar-refractivity contribution in [1.82, 2.24) is 9.80 Å². The Morgan fingerprint density at radius 2 is 2.05 bits per heavy atom. The predicted molar refractivity (Wildman–Crippen MR) is 80.2 cm³/mol. The van der Waals surface area contributed by atoms with Gasteiger partial charge in [0.1, 0.15) is 5.82 Å². The molecule has 0 radical (unpaired) electrons. The van der Waals surface area contributed by atoms with Crippen LogP contribution in [0.4, 0.5) is 4.39 Å². The van der Waals surface area contributed by atoms with E-state index in [2.05, 4.69) is 18.7 Å². The Balaban J connectivity index is 1.70. The largest absolute Gasteiger partial charge is 0.338 e. The minimum absolute atomic E-state index is 0.183. The van der Waals surface area contributed by atoms with Crippen molar-refractivity contribution in [3.63, 3.8) is 0 Å². The van der Waals surface area contributed by atoms with Gasteiger partial charge in [0, 0.05) is 25.7 Å². The Hall–Kier alpha value is -1.42. The van der Waals surface area contributed by atoms with E-state index in [1.807, 2.05) is 11.0 Å². The molecule has 0 bridgehead atoms. The van der Waals surface area contributed by atoms with Crippen molar-refractivity contribution in [2.45, 2.75) is 39.3 Å². The Morgan fingerprint density at radius 1 is 1.29 bits per heavy atom. The van der Waals surface area contributed by atoms with E-state index in [4.69, 9.17) is 0 Å². The van der Waals surface area contributed by atoms with E-state index in [1.54, 1.807) is 6.07 Å². The summed E-state index contributed by atoms with van der Waals surface area (Å²) < 4.78 is 13.3. The molecule has 0 unspecified atom stereocenters. The van der Waals surface area contributed by atoms with Crippen molar-refractivity contribution in [2.24, 2.45) is 5.41 Å². The molecule has 4 heteroatoms. The van der Waals surface area contributed by atoms with Gasteiger partial charge >= 0.3 is 0 Å². The van der Waals surface area contributed by atoms with Gasteiger partial charge in [0.2, 0.25) is 5.91 Å². The fourth-order valence-corrected chi connectivity index (χ4v) is 3.62. The van der Waals surface area contributed by atoms with Crippen LogP contribution in [0.1, 0.15) is 32.3 Å². The van der Waals surface area contributed by atoms with Crippen LogP contribution in [0.15, 0.2) is 24.3 Å². The molecule has 1 aromatic rings. The molecule has 0 aromatic heterocycles. The number of hydrogen-bond acceptors (Lipinski definition) is 2. The second-order valence-corrected chi connectivity index (χ2v) is 6.70.